The van der Waals surface area contributed by atoms with Crippen LogP contribution in [0, 0.1) is 5.92 Å². The molecule has 1 aromatic heterocycles. The van der Waals surface area contributed by atoms with Crippen LogP contribution >= 0.6 is 0 Å². The summed E-state index contributed by atoms with van der Waals surface area (Å²) >= 11 is 0. The molecule has 0 spiro atoms. The Hall–Kier alpha value is -2.87. The number of nitrogens with one attached hydrogen (secondary N) is 2. The maximum absolute atomic E-state index is 13.9. The number of ether oxygens (including phenoxy) is 1. The highest BCUT2D eigenvalue weighted by atomic mass is 16.5. The molecule has 2 N–H and O–H groups in total. The topological polar surface area (TPSA) is 94.7 Å². The summed E-state index contributed by atoms with van der Waals surface area (Å²) < 4.78 is 5.52. The quantitative estimate of drug-likeness (QED) is 0.473. The van der Waals surface area contributed by atoms with Crippen molar-refractivity contribution >= 4 is 28.7 Å². The average molecular weight is 455 g/mol. The summed E-state index contributed by atoms with van der Waals surface area (Å²) in [5, 5.41) is 3.98. The monoisotopic (exact) mass is 454 g/mol. The van der Waals surface area contributed by atoms with Crippen LogP contribution < -0.4 is 5.32 Å². The molecule has 33 heavy (non-hydrogen) atoms. The van der Waals surface area contributed by atoms with E-state index in [4.69, 9.17) is 4.74 Å². The number of carbonyl (C=O) groups excluding carboxylic acids is 3. The smallest absolute Gasteiger partial charge is 0.328 e. The van der Waals surface area contributed by atoms with Crippen molar-refractivity contribution in [3.8, 4) is 0 Å². The number of para-hydroxylation sites is 1. The lowest BCUT2D eigenvalue weighted by atomic mass is 9.86. The molecule has 2 atom stereocenters. The molecule has 0 saturated carbocycles. The van der Waals surface area contributed by atoms with Crippen LogP contribution in [0.15, 0.2) is 24.3 Å². The first-order valence-corrected chi connectivity index (χ1v) is 11.8. The first-order valence-electron chi connectivity index (χ1n) is 11.8. The molecule has 2 aliphatic rings. The first-order chi connectivity index (χ1) is 15.7. The summed E-state index contributed by atoms with van der Waals surface area (Å²) in [6.45, 7) is 10.8. The Balaban J connectivity index is 1.60. The Morgan fingerprint density at radius 2 is 1.94 bits per heavy atom. The fraction of sp³-hybridized carbons (Fsp3) is 0.560. The highest BCUT2D eigenvalue weighted by Crippen LogP contribution is 2.45. The Kier molecular flexibility index (Phi) is 6.22. The second-order valence-corrected chi connectivity index (χ2v) is 9.71. The van der Waals surface area contributed by atoms with Crippen molar-refractivity contribution in [2.24, 2.45) is 5.92 Å². The Morgan fingerprint density at radius 1 is 1.21 bits per heavy atom. The summed E-state index contributed by atoms with van der Waals surface area (Å²) in [6.07, 6.45) is 1.46. The van der Waals surface area contributed by atoms with Gasteiger partial charge in [0, 0.05) is 30.6 Å². The number of H-pyrrole nitrogens is 1. The minimum absolute atomic E-state index is 0.136. The van der Waals surface area contributed by atoms with E-state index < -0.39 is 17.6 Å². The molecule has 1 saturated heterocycles. The lowest BCUT2D eigenvalue weighted by molar-refractivity contribution is -0.140. The van der Waals surface area contributed by atoms with Gasteiger partial charge >= 0.3 is 6.03 Å². The van der Waals surface area contributed by atoms with Gasteiger partial charge in [-0.05, 0) is 51.2 Å². The Bertz CT molecular complexity index is 1080. The zero-order valence-electron chi connectivity index (χ0n) is 20.1. The SMILES string of the molecule is CC(C)OCCCNC(=O)C(C(C)C)N1C(=O)N2CCc3c([nH]c4ccccc34)C2(C)C1=O. The third kappa shape index (κ3) is 3.80. The van der Waals surface area contributed by atoms with Crippen LogP contribution in [-0.2, 0) is 26.3 Å². The third-order valence-corrected chi connectivity index (χ3v) is 6.75. The predicted octanol–water partition coefficient (Wildman–Crippen LogP) is 3.16. The molecule has 3 heterocycles. The number of benzene rings is 1. The number of carbonyl (C=O) groups is 3. The van der Waals surface area contributed by atoms with Crippen LogP contribution in [-0.4, -0.2) is 64.5 Å². The molecular weight excluding hydrogens is 420 g/mol. The summed E-state index contributed by atoms with van der Waals surface area (Å²) in [4.78, 5) is 46.7. The maximum atomic E-state index is 13.9. The summed E-state index contributed by atoms with van der Waals surface area (Å²) in [6, 6.07) is 6.67. The number of aromatic amines is 1. The number of imide groups is 1. The van der Waals surface area contributed by atoms with Crippen molar-refractivity contribution < 1.29 is 19.1 Å². The average Bonchev–Trinajstić information content (AvgIpc) is 3.23. The van der Waals surface area contributed by atoms with Gasteiger partial charge in [-0.25, -0.2) is 9.69 Å². The number of urea groups is 1. The van der Waals surface area contributed by atoms with Crippen molar-refractivity contribution in [1.82, 2.24) is 20.1 Å². The van der Waals surface area contributed by atoms with Crippen molar-refractivity contribution in [2.75, 3.05) is 19.7 Å². The predicted molar refractivity (Wildman–Crippen MR) is 126 cm³/mol. The summed E-state index contributed by atoms with van der Waals surface area (Å²) in [5.74, 6) is -0.884. The summed E-state index contributed by atoms with van der Waals surface area (Å²) in [5.41, 5.74) is 1.63. The molecule has 1 fully saturated rings. The maximum Gasteiger partial charge on any atom is 0.328 e. The molecule has 2 aromatic rings. The zero-order chi connectivity index (χ0) is 23.9. The van der Waals surface area contributed by atoms with Crippen molar-refractivity contribution in [1.29, 1.82) is 0 Å². The highest BCUT2D eigenvalue weighted by Gasteiger charge is 2.61. The van der Waals surface area contributed by atoms with Gasteiger partial charge in [-0.2, -0.15) is 0 Å². The second kappa shape index (κ2) is 8.82. The van der Waals surface area contributed by atoms with Crippen LogP contribution in [0.25, 0.3) is 10.9 Å². The molecule has 0 radical (unpaired) electrons. The summed E-state index contributed by atoms with van der Waals surface area (Å²) in [7, 11) is 0. The van der Waals surface area contributed by atoms with E-state index in [0.29, 0.717) is 32.5 Å². The first kappa shape index (κ1) is 23.3. The van der Waals surface area contributed by atoms with E-state index in [1.165, 1.54) is 4.90 Å². The Morgan fingerprint density at radius 3 is 2.64 bits per heavy atom. The molecule has 8 heteroatoms. The van der Waals surface area contributed by atoms with Gasteiger partial charge in [-0.3, -0.25) is 9.59 Å². The number of nitrogens with zero attached hydrogens (tertiary/aromatic N) is 2. The van der Waals surface area contributed by atoms with E-state index in [2.05, 4.69) is 10.3 Å². The largest absolute Gasteiger partial charge is 0.379 e. The van der Waals surface area contributed by atoms with E-state index in [-0.39, 0.29) is 23.8 Å². The van der Waals surface area contributed by atoms with Crippen LogP contribution in [0.3, 0.4) is 0 Å². The molecule has 4 rings (SSSR count). The molecule has 8 nitrogen and oxygen atoms in total. The molecule has 0 aliphatic carbocycles. The van der Waals surface area contributed by atoms with E-state index in [1.807, 2.05) is 52.0 Å². The molecular formula is C25H34N4O4. The van der Waals surface area contributed by atoms with Crippen LogP contribution in [0.5, 0.6) is 0 Å². The van der Waals surface area contributed by atoms with Gasteiger partial charge < -0.3 is 19.9 Å². The van der Waals surface area contributed by atoms with Gasteiger partial charge in [0.1, 0.15) is 6.04 Å². The van der Waals surface area contributed by atoms with Crippen molar-refractivity contribution in [3.63, 3.8) is 0 Å². The van der Waals surface area contributed by atoms with Crippen LogP contribution in [0.2, 0.25) is 0 Å². The number of hydrogen-bond acceptors (Lipinski definition) is 4. The minimum atomic E-state index is -1.15. The molecule has 4 amide bonds. The normalized spacial score (nSPS) is 21.2. The lowest BCUT2D eigenvalue weighted by Gasteiger charge is -2.36. The van der Waals surface area contributed by atoms with E-state index in [9.17, 15) is 14.4 Å². The third-order valence-electron chi connectivity index (χ3n) is 6.75. The van der Waals surface area contributed by atoms with Gasteiger partial charge in [0.25, 0.3) is 5.91 Å². The lowest BCUT2D eigenvalue weighted by Crippen LogP contribution is -2.53. The minimum Gasteiger partial charge on any atom is -0.379 e. The molecule has 2 aliphatic heterocycles. The standard InChI is InChI=1S/C25H34N4O4/c1-15(2)20(22(30)26-12-8-14-33-16(3)4)29-23(31)25(5)21-18(11-13-28(25)24(29)32)17-9-6-7-10-19(17)27-21/h6-7,9-10,15-16,20,27H,8,11-14H2,1-5H3,(H,26,30). The van der Waals surface area contributed by atoms with Gasteiger partial charge in [-0.15, -0.1) is 0 Å². The van der Waals surface area contributed by atoms with Crippen LogP contribution in [0.1, 0.15) is 52.3 Å². The molecule has 178 valence electrons. The number of hydrogen-bond donors (Lipinski definition) is 2. The number of rotatable bonds is 8. The number of fused-ring (bicyclic) bond motifs is 5. The highest BCUT2D eigenvalue weighted by molar-refractivity contribution is 6.11. The number of amides is 4. The van der Waals surface area contributed by atoms with E-state index >= 15 is 0 Å². The fourth-order valence-electron chi connectivity index (χ4n) is 5.09. The van der Waals surface area contributed by atoms with Gasteiger partial charge in [0.2, 0.25) is 5.91 Å². The van der Waals surface area contributed by atoms with E-state index in [1.54, 1.807) is 11.8 Å². The Labute approximate surface area is 194 Å². The van der Waals surface area contributed by atoms with Crippen LogP contribution in [0.4, 0.5) is 4.79 Å². The molecule has 1 aromatic carbocycles. The second-order valence-electron chi connectivity index (χ2n) is 9.71. The number of aromatic nitrogens is 1. The molecule has 2 unspecified atom stereocenters. The van der Waals surface area contributed by atoms with Gasteiger partial charge in [-0.1, -0.05) is 32.0 Å². The molecule has 0 bridgehead atoms. The van der Waals surface area contributed by atoms with Gasteiger partial charge in [0.15, 0.2) is 5.54 Å². The zero-order valence-corrected chi connectivity index (χ0v) is 20.1. The van der Waals surface area contributed by atoms with E-state index in [0.717, 1.165) is 22.2 Å². The van der Waals surface area contributed by atoms with Gasteiger partial charge in [0.05, 0.1) is 11.8 Å². The fourth-order valence-corrected chi connectivity index (χ4v) is 5.09. The van der Waals surface area contributed by atoms with Crippen molar-refractivity contribution in [3.05, 3.63) is 35.5 Å². The van der Waals surface area contributed by atoms with Crippen molar-refractivity contribution in [2.45, 2.75) is 65.1 Å².